The molecule has 0 aliphatic heterocycles. The molecule has 2 heterocycles. The molecule has 0 spiro atoms. The van der Waals surface area contributed by atoms with Gasteiger partial charge in [0, 0.05) is 23.4 Å². The molecule has 4 aromatic rings. The maximum Gasteiger partial charge on any atom is 0.269 e. The molecular weight excluding hydrogens is 404 g/mol. The molecule has 0 N–H and O–H groups in total. The van der Waals surface area contributed by atoms with Crippen molar-refractivity contribution in [2.45, 2.75) is 17.5 Å². The number of rotatable bonds is 8. The van der Waals surface area contributed by atoms with E-state index < -0.39 is 4.92 Å². The minimum absolute atomic E-state index is 0.0732. The molecule has 0 atom stereocenters. The highest BCUT2D eigenvalue weighted by molar-refractivity contribution is 7.98. The first-order chi connectivity index (χ1) is 14.6. The predicted octanol–water partition coefficient (Wildman–Crippen LogP) is 4.80. The topological polar surface area (TPSA) is 96.2 Å². The monoisotopic (exact) mass is 422 g/mol. The van der Waals surface area contributed by atoms with Gasteiger partial charge in [-0.1, -0.05) is 23.9 Å². The number of hydrogen-bond donors (Lipinski definition) is 0. The minimum Gasteiger partial charge on any atom is -0.497 e. The number of non-ortho nitro benzene ring substituents is 1. The third-order valence-corrected chi connectivity index (χ3v) is 5.49. The molecule has 0 bridgehead atoms. The Bertz CT molecular complexity index is 1140. The highest BCUT2D eigenvalue weighted by Crippen LogP contribution is 2.29. The lowest BCUT2D eigenvalue weighted by atomic mass is 10.2. The first-order valence-corrected chi connectivity index (χ1v) is 10.1. The molecule has 0 aliphatic rings. The van der Waals surface area contributed by atoms with Gasteiger partial charge in [-0.25, -0.2) is 0 Å². The van der Waals surface area contributed by atoms with E-state index in [1.165, 1.54) is 17.8 Å². The van der Waals surface area contributed by atoms with Crippen LogP contribution in [0.3, 0.4) is 0 Å². The van der Waals surface area contributed by atoms with E-state index in [-0.39, 0.29) is 5.69 Å². The Morgan fingerprint density at radius 2 is 1.97 bits per heavy atom. The summed E-state index contributed by atoms with van der Waals surface area (Å²) in [5.74, 6) is 2.77. The summed E-state index contributed by atoms with van der Waals surface area (Å²) in [4.78, 5) is 10.6. The summed E-state index contributed by atoms with van der Waals surface area (Å²) < 4.78 is 12.7. The summed E-state index contributed by atoms with van der Waals surface area (Å²) in [5, 5.41) is 20.5. The standard InChI is InChI=1S/C21H18N4O4S/c1-28-18-9-7-16(8-10-18)20-22-23-21(24(20)13-19-6-3-11-29-19)30-14-15-4-2-5-17(12-15)25(26)27/h2-12H,13-14H2,1H3. The van der Waals surface area contributed by atoms with Crippen LogP contribution >= 0.6 is 11.8 Å². The van der Waals surface area contributed by atoms with Crippen LogP contribution in [0.2, 0.25) is 0 Å². The third-order valence-electron chi connectivity index (χ3n) is 4.45. The zero-order valence-corrected chi connectivity index (χ0v) is 16.9. The van der Waals surface area contributed by atoms with E-state index in [1.54, 1.807) is 25.5 Å². The van der Waals surface area contributed by atoms with Crippen molar-refractivity contribution in [3.8, 4) is 17.1 Å². The maximum absolute atomic E-state index is 11.0. The molecule has 2 aromatic carbocycles. The van der Waals surface area contributed by atoms with Crippen LogP contribution < -0.4 is 4.74 Å². The van der Waals surface area contributed by atoms with Crippen molar-refractivity contribution in [1.29, 1.82) is 0 Å². The number of ether oxygens (including phenoxy) is 1. The van der Waals surface area contributed by atoms with E-state index in [4.69, 9.17) is 9.15 Å². The van der Waals surface area contributed by atoms with Gasteiger partial charge in [0.2, 0.25) is 0 Å². The smallest absolute Gasteiger partial charge is 0.269 e. The molecular formula is C21H18N4O4S. The Balaban J connectivity index is 1.62. The predicted molar refractivity (Wildman–Crippen MR) is 112 cm³/mol. The zero-order valence-electron chi connectivity index (χ0n) is 16.1. The average Bonchev–Trinajstić information content (AvgIpc) is 3.43. The van der Waals surface area contributed by atoms with Crippen molar-refractivity contribution in [2.75, 3.05) is 7.11 Å². The number of hydrogen-bond acceptors (Lipinski definition) is 7. The van der Waals surface area contributed by atoms with E-state index in [9.17, 15) is 10.1 Å². The van der Waals surface area contributed by atoms with E-state index in [2.05, 4.69) is 10.2 Å². The highest BCUT2D eigenvalue weighted by atomic mass is 32.2. The number of methoxy groups -OCH3 is 1. The molecule has 0 saturated heterocycles. The Hall–Kier alpha value is -3.59. The van der Waals surface area contributed by atoms with Gasteiger partial charge in [-0.15, -0.1) is 10.2 Å². The largest absolute Gasteiger partial charge is 0.497 e. The number of nitro groups is 1. The Morgan fingerprint density at radius 3 is 2.67 bits per heavy atom. The Kier molecular flexibility index (Phi) is 5.80. The van der Waals surface area contributed by atoms with Crippen molar-refractivity contribution in [1.82, 2.24) is 14.8 Å². The van der Waals surface area contributed by atoms with Gasteiger partial charge in [-0.05, 0) is 42.0 Å². The first-order valence-electron chi connectivity index (χ1n) is 9.10. The fraction of sp³-hybridized carbons (Fsp3) is 0.143. The second-order valence-electron chi connectivity index (χ2n) is 6.42. The fourth-order valence-electron chi connectivity index (χ4n) is 2.96. The molecule has 152 valence electrons. The van der Waals surface area contributed by atoms with Gasteiger partial charge < -0.3 is 9.15 Å². The summed E-state index contributed by atoms with van der Waals surface area (Å²) in [6.07, 6.45) is 1.63. The number of benzene rings is 2. The second kappa shape index (κ2) is 8.83. The van der Waals surface area contributed by atoms with Crippen LogP contribution in [0.5, 0.6) is 5.75 Å². The fourth-order valence-corrected chi connectivity index (χ4v) is 3.84. The average molecular weight is 422 g/mol. The number of nitro benzene ring substituents is 1. The highest BCUT2D eigenvalue weighted by Gasteiger charge is 2.16. The van der Waals surface area contributed by atoms with Crippen LogP contribution in [0.1, 0.15) is 11.3 Å². The SMILES string of the molecule is COc1ccc(-c2nnc(SCc3cccc([N+](=O)[O-])c3)n2Cc2ccco2)cc1. The van der Waals surface area contributed by atoms with E-state index in [0.717, 1.165) is 22.6 Å². The van der Waals surface area contributed by atoms with Gasteiger partial charge in [0.1, 0.15) is 11.5 Å². The summed E-state index contributed by atoms with van der Waals surface area (Å²) >= 11 is 1.47. The molecule has 30 heavy (non-hydrogen) atoms. The quantitative estimate of drug-likeness (QED) is 0.229. The Morgan fingerprint density at radius 1 is 1.13 bits per heavy atom. The van der Waals surface area contributed by atoms with Crippen LogP contribution in [0.25, 0.3) is 11.4 Å². The molecule has 8 nitrogen and oxygen atoms in total. The van der Waals surface area contributed by atoms with Gasteiger partial charge in [0.15, 0.2) is 11.0 Å². The van der Waals surface area contributed by atoms with Crippen LogP contribution in [-0.2, 0) is 12.3 Å². The molecule has 0 saturated carbocycles. The van der Waals surface area contributed by atoms with Crippen molar-refractivity contribution in [3.63, 3.8) is 0 Å². The van der Waals surface area contributed by atoms with Gasteiger partial charge in [-0.3, -0.25) is 14.7 Å². The summed E-state index contributed by atoms with van der Waals surface area (Å²) in [5.41, 5.74) is 1.81. The lowest BCUT2D eigenvalue weighted by Crippen LogP contribution is -2.03. The molecule has 0 radical (unpaired) electrons. The molecule has 4 rings (SSSR count). The van der Waals surface area contributed by atoms with Crippen LogP contribution in [0, 0.1) is 10.1 Å². The van der Waals surface area contributed by atoms with Gasteiger partial charge in [0.05, 0.1) is 24.8 Å². The number of aromatic nitrogens is 3. The number of nitrogens with zero attached hydrogens (tertiary/aromatic N) is 4. The first kappa shape index (κ1) is 19.7. The van der Waals surface area contributed by atoms with Crippen molar-refractivity contribution < 1.29 is 14.1 Å². The summed E-state index contributed by atoms with van der Waals surface area (Å²) in [7, 11) is 1.62. The lowest BCUT2D eigenvalue weighted by molar-refractivity contribution is -0.384. The van der Waals surface area contributed by atoms with E-state index >= 15 is 0 Å². The van der Waals surface area contributed by atoms with Crippen LogP contribution in [0.15, 0.2) is 76.5 Å². The van der Waals surface area contributed by atoms with Gasteiger partial charge in [0.25, 0.3) is 5.69 Å². The molecule has 0 amide bonds. The summed E-state index contributed by atoms with van der Waals surface area (Å²) in [6, 6.07) is 17.9. The van der Waals surface area contributed by atoms with Crippen LogP contribution in [-0.4, -0.2) is 26.8 Å². The molecule has 9 heteroatoms. The Labute approximate surface area is 176 Å². The maximum atomic E-state index is 11.0. The van der Waals surface area contributed by atoms with E-state index in [0.29, 0.717) is 23.3 Å². The molecule has 0 unspecified atom stereocenters. The van der Waals surface area contributed by atoms with E-state index in [1.807, 2.05) is 47.0 Å². The second-order valence-corrected chi connectivity index (χ2v) is 7.36. The normalized spacial score (nSPS) is 10.8. The zero-order chi connectivity index (χ0) is 20.9. The van der Waals surface area contributed by atoms with Crippen molar-refractivity contribution >= 4 is 17.4 Å². The van der Waals surface area contributed by atoms with Crippen molar-refractivity contribution in [2.24, 2.45) is 0 Å². The minimum atomic E-state index is -0.393. The molecule has 0 fully saturated rings. The molecule has 2 aromatic heterocycles. The molecule has 0 aliphatic carbocycles. The lowest BCUT2D eigenvalue weighted by Gasteiger charge is -2.09. The van der Waals surface area contributed by atoms with Crippen LogP contribution in [0.4, 0.5) is 5.69 Å². The summed E-state index contributed by atoms with van der Waals surface area (Å²) in [6.45, 7) is 0.471. The number of thioether (sulfide) groups is 1. The number of furan rings is 1. The third kappa shape index (κ3) is 4.36. The van der Waals surface area contributed by atoms with Crippen molar-refractivity contribution in [3.05, 3.63) is 88.4 Å². The van der Waals surface area contributed by atoms with Gasteiger partial charge in [-0.2, -0.15) is 0 Å². The van der Waals surface area contributed by atoms with Gasteiger partial charge >= 0.3 is 0 Å².